The van der Waals surface area contributed by atoms with Gasteiger partial charge in [-0.05, 0) is 30.3 Å². The molecule has 25 heavy (non-hydrogen) atoms. The van der Waals surface area contributed by atoms with Gasteiger partial charge in [0.05, 0.1) is 14.2 Å². The summed E-state index contributed by atoms with van der Waals surface area (Å²) in [4.78, 5) is 12.2. The average molecular weight is 355 g/mol. The van der Waals surface area contributed by atoms with E-state index < -0.39 is 0 Å². The molecule has 0 fully saturated rings. The zero-order chi connectivity index (χ0) is 17.6. The number of carbonyl (C=O) groups is 1. The van der Waals surface area contributed by atoms with E-state index >= 15 is 0 Å². The van der Waals surface area contributed by atoms with E-state index in [1.165, 1.54) is 11.3 Å². The molecular formula is C18H17N3O3S. The van der Waals surface area contributed by atoms with E-state index in [4.69, 9.17) is 9.47 Å². The summed E-state index contributed by atoms with van der Waals surface area (Å²) in [6.45, 7) is 0. The van der Waals surface area contributed by atoms with Crippen LogP contribution >= 0.6 is 11.3 Å². The van der Waals surface area contributed by atoms with Crippen LogP contribution in [-0.4, -0.2) is 30.3 Å². The Morgan fingerprint density at radius 1 is 1.04 bits per heavy atom. The predicted octanol–water partition coefficient (Wildman–Crippen LogP) is 3.40. The van der Waals surface area contributed by atoms with Gasteiger partial charge in [-0.1, -0.05) is 29.5 Å². The van der Waals surface area contributed by atoms with E-state index in [9.17, 15) is 4.79 Å². The Hall–Kier alpha value is -2.93. The van der Waals surface area contributed by atoms with Crippen LogP contribution in [0.4, 0.5) is 5.13 Å². The molecule has 0 radical (unpaired) electrons. The van der Waals surface area contributed by atoms with Crippen molar-refractivity contribution in [3.63, 3.8) is 0 Å². The predicted molar refractivity (Wildman–Crippen MR) is 96.7 cm³/mol. The molecule has 0 aliphatic heterocycles. The number of rotatable bonds is 6. The second kappa shape index (κ2) is 7.76. The van der Waals surface area contributed by atoms with E-state index in [1.54, 1.807) is 38.5 Å². The van der Waals surface area contributed by atoms with Crippen molar-refractivity contribution in [3.05, 3.63) is 64.7 Å². The molecule has 1 aromatic heterocycles. The molecule has 0 saturated carbocycles. The molecule has 1 N–H and O–H groups in total. The first-order valence-corrected chi connectivity index (χ1v) is 8.41. The maximum absolute atomic E-state index is 12.2. The van der Waals surface area contributed by atoms with Gasteiger partial charge in [0.25, 0.3) is 5.91 Å². The lowest BCUT2D eigenvalue weighted by molar-refractivity contribution is 0.102. The van der Waals surface area contributed by atoms with Crippen molar-refractivity contribution >= 4 is 22.4 Å². The maximum atomic E-state index is 12.2. The Morgan fingerprint density at radius 2 is 1.80 bits per heavy atom. The Morgan fingerprint density at radius 3 is 2.52 bits per heavy atom. The quantitative estimate of drug-likeness (QED) is 0.734. The summed E-state index contributed by atoms with van der Waals surface area (Å²) in [7, 11) is 3.22. The largest absolute Gasteiger partial charge is 0.497 e. The number of anilines is 1. The molecule has 1 heterocycles. The molecule has 0 aliphatic rings. The average Bonchev–Trinajstić information content (AvgIpc) is 3.09. The number of ether oxygens (including phenoxy) is 2. The highest BCUT2D eigenvalue weighted by Crippen LogP contribution is 2.24. The molecule has 1 amide bonds. The molecular weight excluding hydrogens is 338 g/mol. The van der Waals surface area contributed by atoms with E-state index in [1.807, 2.05) is 24.3 Å². The number of benzene rings is 2. The van der Waals surface area contributed by atoms with Crippen molar-refractivity contribution in [1.29, 1.82) is 0 Å². The van der Waals surface area contributed by atoms with Gasteiger partial charge in [-0.15, -0.1) is 10.2 Å². The van der Waals surface area contributed by atoms with Gasteiger partial charge in [-0.2, -0.15) is 0 Å². The summed E-state index contributed by atoms with van der Waals surface area (Å²) in [5.74, 6) is 1.27. The van der Waals surface area contributed by atoms with E-state index in [2.05, 4.69) is 15.5 Å². The first-order chi connectivity index (χ1) is 12.2. The molecule has 3 aromatic rings. The lowest BCUT2D eigenvalue weighted by Gasteiger charge is -2.05. The van der Waals surface area contributed by atoms with Crippen LogP contribution in [0.2, 0.25) is 0 Å². The number of carbonyl (C=O) groups excluding carboxylic acids is 1. The lowest BCUT2D eigenvalue weighted by atomic mass is 10.1. The molecule has 7 heteroatoms. The van der Waals surface area contributed by atoms with E-state index in [0.29, 0.717) is 22.9 Å². The zero-order valence-corrected chi connectivity index (χ0v) is 14.7. The molecule has 128 valence electrons. The summed E-state index contributed by atoms with van der Waals surface area (Å²) in [6, 6.07) is 14.6. The topological polar surface area (TPSA) is 73.3 Å². The number of aromatic nitrogens is 2. The number of nitrogens with zero attached hydrogens (tertiary/aromatic N) is 2. The molecule has 0 aliphatic carbocycles. The van der Waals surface area contributed by atoms with Crippen LogP contribution in [0.25, 0.3) is 0 Å². The third-order valence-electron chi connectivity index (χ3n) is 3.57. The van der Waals surface area contributed by atoms with Crippen molar-refractivity contribution in [2.45, 2.75) is 6.42 Å². The van der Waals surface area contributed by atoms with Crippen molar-refractivity contribution in [2.24, 2.45) is 0 Å². The standard InChI is InChI=1S/C18H17N3O3S/c1-23-14-9-7-12(8-10-14)17(22)19-18-21-20-16(25-18)11-13-5-3-4-6-15(13)24-2/h3-10H,11H2,1-2H3,(H,19,21,22). The number of methoxy groups -OCH3 is 2. The fourth-order valence-corrected chi connectivity index (χ4v) is 3.06. The second-order valence-electron chi connectivity index (χ2n) is 5.17. The van der Waals surface area contributed by atoms with Gasteiger partial charge >= 0.3 is 0 Å². The van der Waals surface area contributed by atoms with Gasteiger partial charge in [-0.25, -0.2) is 0 Å². The SMILES string of the molecule is COc1ccc(C(=O)Nc2nnc(Cc3ccccc3OC)s2)cc1. The molecule has 2 aromatic carbocycles. The summed E-state index contributed by atoms with van der Waals surface area (Å²) >= 11 is 1.34. The van der Waals surface area contributed by atoms with Crippen LogP contribution in [0.1, 0.15) is 20.9 Å². The van der Waals surface area contributed by atoms with Crippen molar-refractivity contribution in [2.75, 3.05) is 19.5 Å². The third kappa shape index (κ3) is 4.13. The molecule has 0 atom stereocenters. The Kier molecular flexibility index (Phi) is 5.25. The minimum absolute atomic E-state index is 0.234. The third-order valence-corrected chi connectivity index (χ3v) is 4.41. The first kappa shape index (κ1) is 16.9. The minimum atomic E-state index is -0.234. The highest BCUT2D eigenvalue weighted by Gasteiger charge is 2.12. The van der Waals surface area contributed by atoms with Crippen molar-refractivity contribution in [3.8, 4) is 11.5 Å². The van der Waals surface area contributed by atoms with Crippen molar-refractivity contribution in [1.82, 2.24) is 10.2 Å². The van der Waals surface area contributed by atoms with Crippen LogP contribution in [0.3, 0.4) is 0 Å². The highest BCUT2D eigenvalue weighted by atomic mass is 32.1. The Labute approximate surface area is 149 Å². The van der Waals surface area contributed by atoms with Crippen molar-refractivity contribution < 1.29 is 14.3 Å². The summed E-state index contributed by atoms with van der Waals surface area (Å²) in [6.07, 6.45) is 0.597. The van der Waals surface area contributed by atoms with Gasteiger partial charge in [0.15, 0.2) is 0 Å². The summed E-state index contributed by atoms with van der Waals surface area (Å²) in [5, 5.41) is 12.2. The monoisotopic (exact) mass is 355 g/mol. The fraction of sp³-hybridized carbons (Fsp3) is 0.167. The van der Waals surface area contributed by atoms with E-state index in [-0.39, 0.29) is 5.91 Å². The van der Waals surface area contributed by atoms with Gasteiger partial charge in [0, 0.05) is 17.5 Å². The van der Waals surface area contributed by atoms with Gasteiger partial charge in [0.2, 0.25) is 5.13 Å². The van der Waals surface area contributed by atoms with Gasteiger partial charge in [0.1, 0.15) is 16.5 Å². The Bertz CT molecular complexity index is 862. The van der Waals surface area contributed by atoms with Crippen LogP contribution in [0.5, 0.6) is 11.5 Å². The highest BCUT2D eigenvalue weighted by molar-refractivity contribution is 7.15. The molecule has 0 unspecified atom stereocenters. The second-order valence-corrected chi connectivity index (χ2v) is 6.23. The number of hydrogen-bond acceptors (Lipinski definition) is 6. The molecule has 6 nitrogen and oxygen atoms in total. The molecule has 0 bridgehead atoms. The van der Waals surface area contributed by atoms with Crippen LogP contribution < -0.4 is 14.8 Å². The van der Waals surface area contributed by atoms with Gasteiger partial charge < -0.3 is 9.47 Å². The normalized spacial score (nSPS) is 10.3. The Balaban J connectivity index is 1.67. The summed E-state index contributed by atoms with van der Waals surface area (Å²) in [5.41, 5.74) is 1.55. The number of hydrogen-bond donors (Lipinski definition) is 1. The lowest BCUT2D eigenvalue weighted by Crippen LogP contribution is -2.11. The molecule has 3 rings (SSSR count). The van der Waals surface area contributed by atoms with E-state index in [0.717, 1.165) is 16.3 Å². The number of amides is 1. The number of nitrogens with one attached hydrogen (secondary N) is 1. The molecule has 0 saturated heterocycles. The molecule has 0 spiro atoms. The fourth-order valence-electron chi connectivity index (χ4n) is 2.30. The first-order valence-electron chi connectivity index (χ1n) is 7.59. The zero-order valence-electron chi connectivity index (χ0n) is 13.9. The maximum Gasteiger partial charge on any atom is 0.257 e. The van der Waals surface area contributed by atoms with Crippen LogP contribution in [0.15, 0.2) is 48.5 Å². The smallest absolute Gasteiger partial charge is 0.257 e. The van der Waals surface area contributed by atoms with Crippen LogP contribution in [0, 0.1) is 0 Å². The number of para-hydroxylation sites is 1. The van der Waals surface area contributed by atoms with Gasteiger partial charge in [-0.3, -0.25) is 10.1 Å². The van der Waals surface area contributed by atoms with Crippen LogP contribution in [-0.2, 0) is 6.42 Å². The summed E-state index contributed by atoms with van der Waals surface area (Å²) < 4.78 is 10.4. The minimum Gasteiger partial charge on any atom is -0.497 e.